The van der Waals surface area contributed by atoms with Gasteiger partial charge in [0.15, 0.2) is 0 Å². The van der Waals surface area contributed by atoms with Gasteiger partial charge in [-0.05, 0) is 24.9 Å². The Morgan fingerprint density at radius 2 is 2.00 bits per heavy atom. The molecule has 1 N–H and O–H groups in total. The van der Waals surface area contributed by atoms with Crippen LogP contribution in [0.3, 0.4) is 0 Å². The van der Waals surface area contributed by atoms with Crippen molar-refractivity contribution in [1.29, 1.82) is 5.26 Å². The standard InChI is InChI=1S/C12H15N3O2/c13-8-2-1-3-9-14-10-11-4-6-12(7-5-11)15(16)17/h4-7,14H,1-3,9-10H2. The molecule has 0 unspecified atom stereocenters. The fraction of sp³-hybridized carbons (Fsp3) is 0.417. The quantitative estimate of drug-likeness (QED) is 0.445. The first kappa shape index (κ1) is 13.1. The summed E-state index contributed by atoms with van der Waals surface area (Å²) in [5.41, 5.74) is 1.14. The molecule has 0 radical (unpaired) electrons. The highest BCUT2D eigenvalue weighted by Gasteiger charge is 2.03. The Kier molecular flexibility index (Phi) is 5.69. The molecule has 0 saturated carbocycles. The van der Waals surface area contributed by atoms with E-state index in [2.05, 4.69) is 11.4 Å². The first-order valence-corrected chi connectivity index (χ1v) is 5.55. The zero-order valence-electron chi connectivity index (χ0n) is 9.56. The van der Waals surface area contributed by atoms with Crippen molar-refractivity contribution >= 4 is 5.69 Å². The minimum absolute atomic E-state index is 0.114. The van der Waals surface area contributed by atoms with Crippen LogP contribution in [-0.2, 0) is 6.54 Å². The van der Waals surface area contributed by atoms with E-state index in [1.54, 1.807) is 12.1 Å². The fourth-order valence-electron chi connectivity index (χ4n) is 1.42. The van der Waals surface area contributed by atoms with Gasteiger partial charge in [-0.1, -0.05) is 12.1 Å². The largest absolute Gasteiger partial charge is 0.313 e. The lowest BCUT2D eigenvalue weighted by Crippen LogP contribution is -2.14. The van der Waals surface area contributed by atoms with Crippen LogP contribution in [-0.4, -0.2) is 11.5 Å². The SMILES string of the molecule is N#CCCCCNCc1ccc([N+](=O)[O-])cc1. The van der Waals surface area contributed by atoms with E-state index in [4.69, 9.17) is 5.26 Å². The number of rotatable bonds is 7. The molecule has 0 spiro atoms. The van der Waals surface area contributed by atoms with Gasteiger partial charge in [-0.3, -0.25) is 10.1 Å². The summed E-state index contributed by atoms with van der Waals surface area (Å²) in [6, 6.07) is 8.62. The van der Waals surface area contributed by atoms with E-state index in [-0.39, 0.29) is 5.69 Å². The lowest BCUT2D eigenvalue weighted by atomic mass is 10.2. The lowest BCUT2D eigenvalue weighted by Gasteiger charge is -2.03. The van der Waals surface area contributed by atoms with E-state index < -0.39 is 4.92 Å². The zero-order chi connectivity index (χ0) is 12.5. The van der Waals surface area contributed by atoms with E-state index in [0.717, 1.165) is 24.9 Å². The van der Waals surface area contributed by atoms with E-state index in [1.165, 1.54) is 12.1 Å². The van der Waals surface area contributed by atoms with Gasteiger partial charge in [0.05, 0.1) is 11.0 Å². The number of hydrogen-bond donors (Lipinski definition) is 1. The molecule has 90 valence electrons. The normalized spacial score (nSPS) is 9.82. The number of nitro groups is 1. The molecule has 0 bridgehead atoms. The molecule has 0 heterocycles. The second kappa shape index (κ2) is 7.36. The van der Waals surface area contributed by atoms with Crippen molar-refractivity contribution in [3.05, 3.63) is 39.9 Å². The molecule has 0 fully saturated rings. The number of non-ortho nitro benzene ring substituents is 1. The molecule has 5 heteroatoms. The predicted molar refractivity (Wildman–Crippen MR) is 64.3 cm³/mol. The second-order valence-electron chi connectivity index (χ2n) is 3.72. The van der Waals surface area contributed by atoms with E-state index in [9.17, 15) is 10.1 Å². The van der Waals surface area contributed by atoms with Gasteiger partial charge in [-0.15, -0.1) is 0 Å². The van der Waals surface area contributed by atoms with Gasteiger partial charge in [0, 0.05) is 25.1 Å². The molecule has 0 aromatic heterocycles. The number of unbranched alkanes of at least 4 members (excludes halogenated alkanes) is 2. The number of nitro benzene ring substituents is 1. The molecule has 0 aliphatic carbocycles. The summed E-state index contributed by atoms with van der Waals surface area (Å²) in [5.74, 6) is 0. The maximum absolute atomic E-state index is 10.4. The summed E-state index contributed by atoms with van der Waals surface area (Å²) < 4.78 is 0. The van der Waals surface area contributed by atoms with Gasteiger partial charge in [-0.25, -0.2) is 0 Å². The third-order valence-electron chi connectivity index (χ3n) is 2.37. The Balaban J connectivity index is 2.23. The average Bonchev–Trinajstić information content (AvgIpc) is 2.34. The summed E-state index contributed by atoms with van der Waals surface area (Å²) >= 11 is 0. The number of nitrogens with zero attached hydrogens (tertiary/aromatic N) is 2. The fourth-order valence-corrected chi connectivity index (χ4v) is 1.42. The molecule has 0 amide bonds. The maximum atomic E-state index is 10.4. The van der Waals surface area contributed by atoms with Gasteiger partial charge >= 0.3 is 0 Å². The van der Waals surface area contributed by atoms with Crippen LogP contribution in [0.1, 0.15) is 24.8 Å². The van der Waals surface area contributed by atoms with Crippen LogP contribution in [0.15, 0.2) is 24.3 Å². The molecule has 0 aliphatic heterocycles. The Morgan fingerprint density at radius 1 is 1.29 bits per heavy atom. The zero-order valence-corrected chi connectivity index (χ0v) is 9.56. The molecule has 5 nitrogen and oxygen atoms in total. The van der Waals surface area contributed by atoms with E-state index in [1.807, 2.05) is 0 Å². The van der Waals surface area contributed by atoms with Crippen molar-refractivity contribution in [2.24, 2.45) is 0 Å². The van der Waals surface area contributed by atoms with Crippen LogP contribution in [0, 0.1) is 21.4 Å². The predicted octanol–water partition coefficient (Wildman–Crippen LogP) is 2.38. The highest BCUT2D eigenvalue weighted by Crippen LogP contribution is 2.11. The van der Waals surface area contributed by atoms with Gasteiger partial charge in [0.2, 0.25) is 0 Å². The lowest BCUT2D eigenvalue weighted by molar-refractivity contribution is -0.384. The van der Waals surface area contributed by atoms with Crippen molar-refractivity contribution in [2.75, 3.05) is 6.54 Å². The maximum Gasteiger partial charge on any atom is 0.269 e. The Bertz CT molecular complexity index is 395. The summed E-state index contributed by atoms with van der Waals surface area (Å²) in [6.45, 7) is 1.56. The second-order valence-corrected chi connectivity index (χ2v) is 3.72. The third-order valence-corrected chi connectivity index (χ3v) is 2.37. The number of nitrogens with one attached hydrogen (secondary N) is 1. The minimum Gasteiger partial charge on any atom is -0.313 e. The van der Waals surface area contributed by atoms with E-state index in [0.29, 0.717) is 13.0 Å². The topological polar surface area (TPSA) is 79.0 Å². The summed E-state index contributed by atoms with van der Waals surface area (Å²) in [4.78, 5) is 10.0. The first-order chi connectivity index (χ1) is 8.24. The molecule has 0 aliphatic rings. The van der Waals surface area contributed by atoms with Gasteiger partial charge in [-0.2, -0.15) is 5.26 Å². The number of benzene rings is 1. The van der Waals surface area contributed by atoms with Crippen LogP contribution in [0.25, 0.3) is 0 Å². The van der Waals surface area contributed by atoms with Gasteiger partial charge in [0.1, 0.15) is 0 Å². The summed E-state index contributed by atoms with van der Waals surface area (Å²) in [5, 5.41) is 22.0. The average molecular weight is 233 g/mol. The van der Waals surface area contributed by atoms with Crippen molar-refractivity contribution in [3.8, 4) is 6.07 Å². The Labute approximate surface area is 100 Å². The van der Waals surface area contributed by atoms with Crippen LogP contribution >= 0.6 is 0 Å². The van der Waals surface area contributed by atoms with Crippen molar-refractivity contribution in [2.45, 2.75) is 25.8 Å². The van der Waals surface area contributed by atoms with Crippen LogP contribution in [0.2, 0.25) is 0 Å². The van der Waals surface area contributed by atoms with Gasteiger partial charge < -0.3 is 5.32 Å². The highest BCUT2D eigenvalue weighted by atomic mass is 16.6. The molecular weight excluding hydrogens is 218 g/mol. The minimum atomic E-state index is -0.404. The monoisotopic (exact) mass is 233 g/mol. The first-order valence-electron chi connectivity index (χ1n) is 5.55. The number of hydrogen-bond acceptors (Lipinski definition) is 4. The van der Waals surface area contributed by atoms with Crippen molar-refractivity contribution in [3.63, 3.8) is 0 Å². The molecule has 1 rings (SSSR count). The molecule has 17 heavy (non-hydrogen) atoms. The molecule has 0 saturated heterocycles. The molecule has 0 atom stereocenters. The summed E-state index contributed by atoms with van der Waals surface area (Å²) in [6.07, 6.45) is 2.48. The summed E-state index contributed by atoms with van der Waals surface area (Å²) in [7, 11) is 0. The van der Waals surface area contributed by atoms with Gasteiger partial charge in [0.25, 0.3) is 5.69 Å². The van der Waals surface area contributed by atoms with E-state index >= 15 is 0 Å². The van der Waals surface area contributed by atoms with Crippen LogP contribution < -0.4 is 5.32 Å². The Morgan fingerprint density at radius 3 is 2.59 bits per heavy atom. The molecule has 1 aromatic carbocycles. The van der Waals surface area contributed by atoms with Crippen molar-refractivity contribution in [1.82, 2.24) is 5.32 Å². The van der Waals surface area contributed by atoms with Crippen LogP contribution in [0.4, 0.5) is 5.69 Å². The van der Waals surface area contributed by atoms with Crippen molar-refractivity contribution < 1.29 is 4.92 Å². The molecular formula is C12H15N3O2. The third kappa shape index (κ3) is 5.09. The number of nitriles is 1. The Hall–Kier alpha value is -1.93. The smallest absolute Gasteiger partial charge is 0.269 e. The van der Waals surface area contributed by atoms with Crippen LogP contribution in [0.5, 0.6) is 0 Å². The molecule has 1 aromatic rings. The highest BCUT2D eigenvalue weighted by molar-refractivity contribution is 5.32.